The number of carbonyl (C=O) groups is 4. The zero-order valence-corrected chi connectivity index (χ0v) is 31.8. The molecule has 0 spiro atoms. The third kappa shape index (κ3) is 10.9. The van der Waals surface area contributed by atoms with Gasteiger partial charge in [0.05, 0.1) is 29.3 Å². The van der Waals surface area contributed by atoms with Crippen LogP contribution in [0.15, 0.2) is 120 Å². The molecule has 296 valence electrons. The summed E-state index contributed by atoms with van der Waals surface area (Å²) < 4.78 is 11.1. The van der Waals surface area contributed by atoms with Crippen LogP contribution in [-0.4, -0.2) is 63.8 Å². The quantitative estimate of drug-likeness (QED) is 0.0702. The molecule has 5 aromatic carbocycles. The summed E-state index contributed by atoms with van der Waals surface area (Å²) >= 11 is 5.13. The van der Waals surface area contributed by atoms with E-state index in [4.69, 9.17) is 21.1 Å². The molecule has 0 saturated heterocycles. The minimum Gasteiger partial charge on any atom is -0.493 e. The van der Waals surface area contributed by atoms with E-state index in [2.05, 4.69) is 15.7 Å². The fourth-order valence-corrected chi connectivity index (χ4v) is 5.68. The molecule has 0 bridgehead atoms. The van der Waals surface area contributed by atoms with Gasteiger partial charge >= 0.3 is 0 Å². The number of methoxy groups -OCH3 is 1. The molecule has 0 unspecified atom stereocenters. The predicted molar refractivity (Wildman–Crippen MR) is 216 cm³/mol. The van der Waals surface area contributed by atoms with Gasteiger partial charge in [-0.25, -0.2) is 5.01 Å². The summed E-state index contributed by atoms with van der Waals surface area (Å²) in [5, 5.41) is 32.0. The molecule has 6 rings (SSSR count). The average Bonchev–Trinajstić information content (AvgIpc) is 3.24. The Morgan fingerprint density at radius 2 is 1.31 bits per heavy atom. The molecule has 0 aromatic heterocycles. The van der Waals surface area contributed by atoms with Gasteiger partial charge < -0.3 is 20.1 Å². The van der Waals surface area contributed by atoms with E-state index >= 15 is 0 Å². The zero-order valence-electron chi connectivity index (χ0n) is 31.0. The Balaban J connectivity index is 0.000000458. The Hall–Kier alpha value is -7.46. The topological polar surface area (TPSA) is 213 Å². The Morgan fingerprint density at radius 3 is 1.90 bits per heavy atom. The smallest absolute Gasteiger partial charge is 0.273 e. The van der Waals surface area contributed by atoms with Crippen LogP contribution in [0.4, 0.5) is 22.7 Å². The first-order valence-corrected chi connectivity index (χ1v) is 18.0. The van der Waals surface area contributed by atoms with Crippen molar-refractivity contribution in [3.63, 3.8) is 0 Å². The number of anilines is 2. The van der Waals surface area contributed by atoms with Gasteiger partial charge in [0.25, 0.3) is 34.3 Å². The van der Waals surface area contributed by atoms with Crippen molar-refractivity contribution in [1.82, 2.24) is 5.01 Å². The normalized spacial score (nSPS) is 11.8. The van der Waals surface area contributed by atoms with E-state index < -0.39 is 26.9 Å². The molecule has 1 aliphatic heterocycles. The van der Waals surface area contributed by atoms with Gasteiger partial charge in [-0.05, 0) is 116 Å². The summed E-state index contributed by atoms with van der Waals surface area (Å²) in [6, 6.07) is 28.8. The van der Waals surface area contributed by atoms with Crippen molar-refractivity contribution in [1.29, 1.82) is 0 Å². The van der Waals surface area contributed by atoms with Crippen molar-refractivity contribution in [2.24, 2.45) is 5.10 Å². The van der Waals surface area contributed by atoms with Crippen LogP contribution in [0.3, 0.4) is 0 Å². The van der Waals surface area contributed by atoms with E-state index in [1.54, 1.807) is 49.6 Å². The maximum atomic E-state index is 13.3. The number of nitrogens with one attached hydrogen (secondary N) is 2. The Bertz CT molecular complexity index is 2340. The van der Waals surface area contributed by atoms with Gasteiger partial charge in [0.15, 0.2) is 11.5 Å². The highest BCUT2D eigenvalue weighted by atomic mass is 35.5. The summed E-state index contributed by atoms with van der Waals surface area (Å²) in [6.07, 6.45) is 1.47. The molecule has 1 heterocycles. The minimum absolute atomic E-state index is 0.0586. The van der Waals surface area contributed by atoms with Crippen molar-refractivity contribution in [2.45, 2.75) is 19.8 Å². The fraction of sp³-hybridized carbons (Fsp3) is 0.146. The molecule has 2 N–H and O–H groups in total. The summed E-state index contributed by atoms with van der Waals surface area (Å²) in [5.74, 6) is 0.0928. The number of amides is 3. The van der Waals surface area contributed by atoms with Gasteiger partial charge in [-0.2, -0.15) is 5.10 Å². The third-order valence-corrected chi connectivity index (χ3v) is 8.69. The average molecular weight is 807 g/mol. The number of hydrazone groups is 1. The first kappa shape index (κ1) is 41.7. The predicted octanol–water partition coefficient (Wildman–Crippen LogP) is 8.12. The van der Waals surface area contributed by atoms with Gasteiger partial charge in [0, 0.05) is 70.0 Å². The SMILES string of the molecule is CCOc1cc(C2=NN(C(=O)c3ccc(NC(=O)c4cccc(NC(=O)c5ccc([N+](=O)[O-])cc5)c4)cc3)CCC2)ccc1OC.O=C(Cl)c1ccc([N+](=O)[O-])cc1. The maximum absolute atomic E-state index is 13.3. The lowest BCUT2D eigenvalue weighted by Gasteiger charge is -2.24. The number of halogens is 1. The van der Waals surface area contributed by atoms with Crippen molar-refractivity contribution in [3.8, 4) is 11.5 Å². The van der Waals surface area contributed by atoms with Gasteiger partial charge in [-0.3, -0.25) is 39.4 Å². The van der Waals surface area contributed by atoms with Crippen LogP contribution in [0.2, 0.25) is 0 Å². The molecule has 3 amide bonds. The van der Waals surface area contributed by atoms with E-state index in [9.17, 15) is 39.4 Å². The summed E-state index contributed by atoms with van der Waals surface area (Å²) in [5.41, 5.74) is 3.51. The molecule has 1 aliphatic rings. The summed E-state index contributed by atoms with van der Waals surface area (Å²) in [6.45, 7) is 2.87. The van der Waals surface area contributed by atoms with Crippen LogP contribution < -0.4 is 20.1 Å². The van der Waals surface area contributed by atoms with E-state index in [1.165, 1.54) is 59.6 Å². The second-order valence-corrected chi connectivity index (χ2v) is 12.7. The Morgan fingerprint density at radius 1 is 0.724 bits per heavy atom. The lowest BCUT2D eigenvalue weighted by Crippen LogP contribution is -2.32. The number of ether oxygens (including phenoxy) is 2. The highest BCUT2D eigenvalue weighted by Gasteiger charge is 2.22. The molecule has 16 nitrogen and oxygen atoms in total. The molecular weight excluding hydrogens is 772 g/mol. The van der Waals surface area contributed by atoms with Crippen molar-refractivity contribution in [2.75, 3.05) is 30.9 Å². The van der Waals surface area contributed by atoms with E-state index in [0.29, 0.717) is 53.6 Å². The molecule has 0 aliphatic carbocycles. The van der Waals surface area contributed by atoms with E-state index in [1.807, 2.05) is 25.1 Å². The highest BCUT2D eigenvalue weighted by Crippen LogP contribution is 2.30. The molecule has 0 radical (unpaired) electrons. The number of hydrogen-bond donors (Lipinski definition) is 2. The number of hydrogen-bond acceptors (Lipinski definition) is 11. The summed E-state index contributed by atoms with van der Waals surface area (Å²) in [7, 11) is 1.58. The largest absolute Gasteiger partial charge is 0.493 e. The molecule has 0 atom stereocenters. The maximum Gasteiger partial charge on any atom is 0.273 e. The molecule has 58 heavy (non-hydrogen) atoms. The molecule has 5 aromatic rings. The molecule has 17 heteroatoms. The number of benzene rings is 5. The van der Waals surface area contributed by atoms with Crippen LogP contribution in [0.25, 0.3) is 0 Å². The first-order chi connectivity index (χ1) is 27.9. The molecule has 0 fully saturated rings. The lowest BCUT2D eigenvalue weighted by molar-refractivity contribution is -0.385. The van der Waals surface area contributed by atoms with Gasteiger partial charge in [0.2, 0.25) is 0 Å². The summed E-state index contributed by atoms with van der Waals surface area (Å²) in [4.78, 5) is 69.3. The number of nitrogens with zero attached hydrogens (tertiary/aromatic N) is 4. The third-order valence-electron chi connectivity index (χ3n) is 8.47. The Kier molecular flexibility index (Phi) is 14.0. The van der Waals surface area contributed by atoms with Crippen LogP contribution in [0, 0.1) is 20.2 Å². The number of carbonyl (C=O) groups excluding carboxylic acids is 4. The number of nitro benzene ring substituents is 2. The van der Waals surface area contributed by atoms with Gasteiger partial charge in [0.1, 0.15) is 0 Å². The monoisotopic (exact) mass is 806 g/mol. The number of non-ortho nitro benzene ring substituents is 2. The van der Waals surface area contributed by atoms with Crippen LogP contribution >= 0.6 is 11.6 Å². The first-order valence-electron chi connectivity index (χ1n) is 17.6. The van der Waals surface area contributed by atoms with Gasteiger partial charge in [-0.15, -0.1) is 0 Å². The fourth-order valence-electron chi connectivity index (χ4n) is 5.55. The second-order valence-electron chi connectivity index (χ2n) is 12.3. The van der Waals surface area contributed by atoms with E-state index in [-0.39, 0.29) is 28.4 Å². The minimum atomic E-state index is -0.620. The van der Waals surface area contributed by atoms with Crippen LogP contribution in [0.5, 0.6) is 11.5 Å². The van der Waals surface area contributed by atoms with Gasteiger partial charge in [-0.1, -0.05) is 6.07 Å². The molecular formula is C41H35ClN6O10. The Labute approximate surface area is 336 Å². The standard InChI is InChI=1S/C34H31N5O7.C7H4ClNO3/c1-3-46-31-21-24(13-18-30(31)45-2)29-8-5-19-38(37-29)34(42)23-9-14-26(15-10-23)35-33(41)25-6-4-7-27(20-25)36-32(40)22-11-16-28(17-12-22)39(43)44;8-7(10)5-1-3-6(4-2-5)9(11)12/h4,6-7,9-18,20-21H,3,5,8,19H2,1-2H3,(H,35,41)(H,36,40);1-4H. The second kappa shape index (κ2) is 19.4. The zero-order chi connectivity index (χ0) is 41.8. The number of nitro groups is 2. The van der Waals surface area contributed by atoms with Crippen molar-refractivity contribution in [3.05, 3.63) is 163 Å². The van der Waals surface area contributed by atoms with E-state index in [0.717, 1.165) is 17.7 Å². The van der Waals surface area contributed by atoms with Crippen LogP contribution in [0.1, 0.15) is 66.8 Å². The van der Waals surface area contributed by atoms with Crippen molar-refractivity contribution >= 4 is 63.0 Å². The number of rotatable bonds is 12. The van der Waals surface area contributed by atoms with Crippen LogP contribution in [-0.2, 0) is 0 Å². The lowest BCUT2D eigenvalue weighted by atomic mass is 10.0. The highest BCUT2D eigenvalue weighted by molar-refractivity contribution is 6.67. The molecule has 0 saturated carbocycles. The van der Waals surface area contributed by atoms with Crippen molar-refractivity contribution < 1.29 is 38.5 Å².